The Hall–Kier alpha value is -6.22. The van der Waals surface area contributed by atoms with Crippen molar-refractivity contribution in [1.82, 2.24) is 19.9 Å². The minimum atomic E-state index is -0.440. The second kappa shape index (κ2) is 10.2. The lowest BCUT2D eigenvalue weighted by atomic mass is 10.0. The first kappa shape index (κ1) is 23.5. The largest absolute Gasteiger partial charge is 0.355 e. The quantitative estimate of drug-likeness (QED) is 0.243. The Balaban J connectivity index is 0.000000253. The van der Waals surface area contributed by atoms with E-state index >= 15 is 0 Å². The molecule has 0 unspecified atom stereocenters. The number of H-pyrrole nitrogens is 2. The van der Waals surface area contributed by atoms with E-state index < -0.39 is 11.1 Å². The molecule has 8 bridgehead atoms. The van der Waals surface area contributed by atoms with Crippen LogP contribution in [0.5, 0.6) is 0 Å². The molecule has 1 aromatic carbocycles. The zero-order valence-electron chi connectivity index (χ0n) is 19.8. The van der Waals surface area contributed by atoms with Crippen molar-refractivity contribution in [3.63, 3.8) is 0 Å². The molecule has 0 saturated carbocycles. The van der Waals surface area contributed by atoms with Crippen LogP contribution in [0.25, 0.3) is 56.7 Å². The minimum absolute atomic E-state index is 0.440. The molecule has 38 heavy (non-hydrogen) atoms. The van der Waals surface area contributed by atoms with Crippen LogP contribution >= 0.6 is 0 Å². The van der Waals surface area contributed by atoms with E-state index in [-0.39, 0.29) is 0 Å². The topological polar surface area (TPSA) is 153 Å². The highest BCUT2D eigenvalue weighted by atomic mass is 14.8. The average molecular weight is 489 g/mol. The number of nitrogens with zero attached hydrogens (tertiary/aromatic N) is 6. The van der Waals surface area contributed by atoms with Crippen LogP contribution in [0.3, 0.4) is 0 Å². The first-order valence-electron chi connectivity index (χ1n) is 11.4. The standard InChI is InChI=1S/C24H16N4.C6N4/c1-2-4-22-21(3-1)23-13-19-9-7-17(26-19)11-15-5-6-16(25-15)12-18-8-10-20(27-18)14-24(22)28-23;7-1-5(2-8)6(3-9)4-10/h1-14,25-26H;. The number of benzene rings is 1. The number of allylic oxidation sites excluding steroid dienone is 2. The first-order valence-corrected chi connectivity index (χ1v) is 11.4. The normalized spacial score (nSPS) is 10.4. The Bertz CT molecular complexity index is 1910. The zero-order chi connectivity index (χ0) is 26.5. The Morgan fingerprint density at radius 2 is 0.974 bits per heavy atom. The molecule has 4 aromatic rings. The van der Waals surface area contributed by atoms with Crippen molar-refractivity contribution in [3.05, 3.63) is 95.3 Å². The maximum atomic E-state index is 8.13. The van der Waals surface area contributed by atoms with Gasteiger partial charge >= 0.3 is 0 Å². The summed E-state index contributed by atoms with van der Waals surface area (Å²) in [7, 11) is 0. The molecule has 2 aliphatic rings. The molecule has 0 fully saturated rings. The van der Waals surface area contributed by atoms with Crippen molar-refractivity contribution in [2.75, 3.05) is 0 Å². The third-order valence-corrected chi connectivity index (χ3v) is 5.75. The summed E-state index contributed by atoms with van der Waals surface area (Å²) in [6.45, 7) is 0. The second-order valence-corrected chi connectivity index (χ2v) is 8.24. The predicted molar refractivity (Wildman–Crippen MR) is 144 cm³/mol. The van der Waals surface area contributed by atoms with Gasteiger partial charge in [-0.25, -0.2) is 9.97 Å². The summed E-state index contributed by atoms with van der Waals surface area (Å²) >= 11 is 0. The number of fused-ring (bicyclic) bond motifs is 11. The van der Waals surface area contributed by atoms with Crippen LogP contribution in [0.1, 0.15) is 11.4 Å². The zero-order valence-corrected chi connectivity index (χ0v) is 19.8. The highest BCUT2D eigenvalue weighted by molar-refractivity contribution is 5.87. The number of nitrogens with one attached hydrogen (secondary N) is 2. The van der Waals surface area contributed by atoms with Crippen molar-refractivity contribution in [1.29, 1.82) is 21.0 Å². The monoisotopic (exact) mass is 488 g/mol. The molecular weight excluding hydrogens is 472 g/mol. The molecule has 176 valence electrons. The van der Waals surface area contributed by atoms with Gasteiger partial charge in [0.1, 0.15) is 24.3 Å². The number of nitriles is 4. The van der Waals surface area contributed by atoms with E-state index in [0.29, 0.717) is 0 Å². The van der Waals surface area contributed by atoms with Gasteiger partial charge in [-0.05, 0) is 60.7 Å². The summed E-state index contributed by atoms with van der Waals surface area (Å²) < 4.78 is 0. The molecule has 0 aliphatic carbocycles. The highest BCUT2D eigenvalue weighted by Crippen LogP contribution is 2.35. The van der Waals surface area contributed by atoms with Crippen molar-refractivity contribution < 1.29 is 0 Å². The fraction of sp³-hybridized carbons (Fsp3) is 0. The van der Waals surface area contributed by atoms with Gasteiger partial charge in [-0.15, -0.1) is 0 Å². The van der Waals surface area contributed by atoms with Gasteiger partial charge in [-0.3, -0.25) is 0 Å². The summed E-state index contributed by atoms with van der Waals surface area (Å²) in [5.41, 5.74) is 9.29. The van der Waals surface area contributed by atoms with Crippen LogP contribution in [0, 0.1) is 45.3 Å². The molecule has 0 saturated heterocycles. The number of hydrogen-bond donors (Lipinski definition) is 2. The van der Waals surface area contributed by atoms with Crippen LogP contribution in [0.15, 0.2) is 83.9 Å². The third-order valence-electron chi connectivity index (χ3n) is 5.75. The Morgan fingerprint density at radius 3 is 1.50 bits per heavy atom. The summed E-state index contributed by atoms with van der Waals surface area (Å²) in [6, 6.07) is 30.6. The maximum absolute atomic E-state index is 8.13. The van der Waals surface area contributed by atoms with E-state index in [0.717, 1.165) is 56.0 Å². The predicted octanol–water partition coefficient (Wildman–Crippen LogP) is 6.20. The molecule has 8 heteroatoms. The van der Waals surface area contributed by atoms with Crippen LogP contribution < -0.4 is 0 Å². The van der Waals surface area contributed by atoms with Gasteiger partial charge in [-0.1, -0.05) is 24.3 Å². The van der Waals surface area contributed by atoms with Gasteiger partial charge in [0.05, 0.1) is 22.8 Å². The third kappa shape index (κ3) is 4.79. The van der Waals surface area contributed by atoms with E-state index in [1.165, 1.54) is 24.3 Å². The Kier molecular flexibility index (Phi) is 6.30. The van der Waals surface area contributed by atoms with E-state index in [2.05, 4.69) is 82.8 Å². The smallest absolute Gasteiger partial charge is 0.158 e. The molecule has 5 heterocycles. The van der Waals surface area contributed by atoms with E-state index in [1.807, 2.05) is 12.2 Å². The van der Waals surface area contributed by atoms with Gasteiger partial charge in [0.15, 0.2) is 11.1 Å². The molecule has 0 spiro atoms. The number of hydrogen-bond acceptors (Lipinski definition) is 6. The number of aromatic nitrogens is 4. The summed E-state index contributed by atoms with van der Waals surface area (Å²) in [6.07, 6.45) is 4.06. The van der Waals surface area contributed by atoms with Crippen molar-refractivity contribution >= 4 is 34.2 Å². The van der Waals surface area contributed by atoms with Gasteiger partial charge in [0.2, 0.25) is 0 Å². The SMILES string of the molecule is C1=Cc2cc3ccc(cc4ccc(cc5nc(cc1n2)-c1ccccc1-5)[nH]4)[nH]3.N#CC(C#N)=C(C#N)C#N. The van der Waals surface area contributed by atoms with Gasteiger partial charge in [0.25, 0.3) is 0 Å². The lowest BCUT2D eigenvalue weighted by Gasteiger charge is -1.97. The van der Waals surface area contributed by atoms with Crippen molar-refractivity contribution in [2.45, 2.75) is 0 Å². The molecule has 2 aliphatic heterocycles. The molecule has 3 aromatic heterocycles. The van der Waals surface area contributed by atoms with Crippen molar-refractivity contribution in [3.8, 4) is 46.8 Å². The molecule has 0 radical (unpaired) electrons. The fourth-order valence-electron chi connectivity index (χ4n) is 4.04. The summed E-state index contributed by atoms with van der Waals surface area (Å²) in [5.74, 6) is 0. The van der Waals surface area contributed by atoms with Crippen LogP contribution in [0.2, 0.25) is 0 Å². The molecule has 0 amide bonds. The first-order chi connectivity index (χ1) is 18.6. The lowest BCUT2D eigenvalue weighted by Crippen LogP contribution is -1.79. The fourth-order valence-corrected chi connectivity index (χ4v) is 4.04. The molecule has 6 rings (SSSR count). The molecule has 0 atom stereocenters. The highest BCUT2D eigenvalue weighted by Gasteiger charge is 2.15. The average Bonchev–Trinajstić information content (AvgIpc) is 3.73. The number of aromatic amines is 2. The van der Waals surface area contributed by atoms with Crippen molar-refractivity contribution in [2.24, 2.45) is 0 Å². The molecular formula is C30H16N8. The maximum Gasteiger partial charge on any atom is 0.158 e. The van der Waals surface area contributed by atoms with Gasteiger partial charge in [0, 0.05) is 33.2 Å². The van der Waals surface area contributed by atoms with E-state index in [4.69, 9.17) is 31.0 Å². The Labute approximate surface area is 217 Å². The molecule has 8 nitrogen and oxygen atoms in total. The van der Waals surface area contributed by atoms with E-state index in [9.17, 15) is 0 Å². The molecule has 2 N–H and O–H groups in total. The van der Waals surface area contributed by atoms with Crippen LogP contribution in [0.4, 0.5) is 0 Å². The Morgan fingerprint density at radius 1 is 0.526 bits per heavy atom. The minimum Gasteiger partial charge on any atom is -0.355 e. The number of rotatable bonds is 0. The van der Waals surface area contributed by atoms with Crippen LogP contribution in [-0.2, 0) is 0 Å². The second-order valence-electron chi connectivity index (χ2n) is 8.24. The van der Waals surface area contributed by atoms with E-state index in [1.54, 1.807) is 0 Å². The van der Waals surface area contributed by atoms with Gasteiger partial charge in [-0.2, -0.15) is 21.0 Å². The lowest BCUT2D eigenvalue weighted by molar-refractivity contribution is 1.31. The van der Waals surface area contributed by atoms with Crippen LogP contribution in [-0.4, -0.2) is 19.9 Å². The summed E-state index contributed by atoms with van der Waals surface area (Å²) in [4.78, 5) is 16.5. The summed E-state index contributed by atoms with van der Waals surface area (Å²) in [5, 5.41) is 32.5. The van der Waals surface area contributed by atoms with Gasteiger partial charge < -0.3 is 9.97 Å².